The van der Waals surface area contributed by atoms with Crippen LogP contribution in [0.4, 0.5) is 0 Å². The zero-order valence-corrected chi connectivity index (χ0v) is 18.2. The third-order valence-electron chi connectivity index (χ3n) is 5.71. The van der Waals surface area contributed by atoms with Crippen molar-refractivity contribution < 1.29 is 0 Å². The van der Waals surface area contributed by atoms with Crippen molar-refractivity contribution in [1.29, 1.82) is 0 Å². The molecule has 0 saturated heterocycles. The van der Waals surface area contributed by atoms with Gasteiger partial charge in [0.05, 0.1) is 0 Å². The van der Waals surface area contributed by atoms with Crippen LogP contribution in [0.3, 0.4) is 0 Å². The van der Waals surface area contributed by atoms with E-state index in [1.165, 1.54) is 77.0 Å². The maximum atomic E-state index is 2.44. The molecule has 0 aliphatic rings. The van der Waals surface area contributed by atoms with Gasteiger partial charge in [0.15, 0.2) is 0 Å². The van der Waals surface area contributed by atoms with Gasteiger partial charge in [-0.05, 0) is 0 Å². The fraction of sp³-hybridized carbons (Fsp3) is 1.00. The Morgan fingerprint density at radius 2 is 0.696 bits per heavy atom. The van der Waals surface area contributed by atoms with Gasteiger partial charge < -0.3 is 0 Å². The maximum absolute atomic E-state index is 2.44. The van der Waals surface area contributed by atoms with Gasteiger partial charge in [-0.2, -0.15) is 0 Å². The molecule has 0 spiro atoms. The Hall–Kier alpha value is 0.430. The third-order valence-corrected chi connectivity index (χ3v) is 11.5. The summed E-state index contributed by atoms with van der Waals surface area (Å²) in [5.74, 6) is 0. The zero-order valence-electron chi connectivity index (χ0n) is 17.2. The molecule has 0 nitrogen and oxygen atoms in total. The van der Waals surface area contributed by atoms with E-state index in [0.29, 0.717) is 0 Å². The van der Waals surface area contributed by atoms with E-state index in [2.05, 4.69) is 27.7 Å². The number of hydrogen-bond acceptors (Lipinski definition) is 0. The first-order chi connectivity index (χ1) is 11.2. The fourth-order valence-electron chi connectivity index (χ4n) is 4.24. The molecule has 0 aliphatic carbocycles. The van der Waals surface area contributed by atoms with Crippen LogP contribution < -0.4 is 0 Å². The van der Waals surface area contributed by atoms with Gasteiger partial charge in [-0.25, -0.2) is 0 Å². The van der Waals surface area contributed by atoms with E-state index in [1.54, 1.807) is 37.5 Å². The predicted molar refractivity (Wildman–Crippen MR) is 115 cm³/mol. The standard InChI is InChI=1S/C22H49P/c1-5-9-12-14-17-21-23(19-8-4,20-16-11-7-3)22-18-15-13-10-6-2/h23H,5-22H2,1-4H3. The molecule has 0 saturated carbocycles. The van der Waals surface area contributed by atoms with Gasteiger partial charge in [0.1, 0.15) is 0 Å². The minimum absolute atomic E-state index is 0.953. The Bertz CT molecular complexity index is 210. The van der Waals surface area contributed by atoms with Crippen LogP contribution in [0.25, 0.3) is 0 Å². The molecule has 0 amide bonds. The number of rotatable bonds is 18. The summed E-state index contributed by atoms with van der Waals surface area (Å²) >= 11 is 0. The molecule has 0 aromatic rings. The first-order valence-corrected chi connectivity index (χ1v) is 14.1. The van der Waals surface area contributed by atoms with Gasteiger partial charge in [-0.1, -0.05) is 0 Å². The normalized spacial score (nSPS) is 12.7. The Morgan fingerprint density at radius 3 is 1.09 bits per heavy atom. The topological polar surface area (TPSA) is 0 Å². The summed E-state index contributed by atoms with van der Waals surface area (Å²) in [6.45, 7) is 9.46. The van der Waals surface area contributed by atoms with Crippen LogP contribution in [-0.4, -0.2) is 24.6 Å². The molecule has 0 atom stereocenters. The summed E-state index contributed by atoms with van der Waals surface area (Å²) in [6.07, 6.45) is 27.2. The Morgan fingerprint density at radius 1 is 0.348 bits per heavy atom. The molecule has 0 rings (SSSR count). The van der Waals surface area contributed by atoms with Crippen molar-refractivity contribution in [3.05, 3.63) is 0 Å². The van der Waals surface area contributed by atoms with Gasteiger partial charge >= 0.3 is 149 Å². The second kappa shape index (κ2) is 17.3. The Balaban J connectivity index is 4.35. The van der Waals surface area contributed by atoms with E-state index in [4.69, 9.17) is 0 Å². The first kappa shape index (κ1) is 23.4. The molecule has 142 valence electrons. The summed E-state index contributed by atoms with van der Waals surface area (Å²) in [5, 5.41) is 0. The van der Waals surface area contributed by atoms with Crippen molar-refractivity contribution in [2.24, 2.45) is 0 Å². The SMILES string of the molecule is CCCCCCC[PH](CCC)(CCCCC)CCCCCCC. The molecule has 0 aromatic heterocycles. The second-order valence-corrected chi connectivity index (χ2v) is 13.0. The van der Waals surface area contributed by atoms with E-state index in [-0.39, 0.29) is 0 Å². The van der Waals surface area contributed by atoms with Crippen LogP contribution in [0.1, 0.15) is 118 Å². The number of unbranched alkanes of at least 4 members (excludes halogenated alkanes) is 10. The Kier molecular flexibility index (Phi) is 17.6. The zero-order chi connectivity index (χ0) is 17.2. The van der Waals surface area contributed by atoms with Crippen molar-refractivity contribution in [3.8, 4) is 0 Å². The molecular weight excluding hydrogens is 295 g/mol. The van der Waals surface area contributed by atoms with Gasteiger partial charge in [-0.3, -0.25) is 0 Å². The molecule has 0 bridgehead atoms. The molecule has 0 aliphatic heterocycles. The van der Waals surface area contributed by atoms with Crippen LogP contribution in [0, 0.1) is 0 Å². The van der Waals surface area contributed by atoms with E-state index in [1.807, 2.05) is 0 Å². The summed E-state index contributed by atoms with van der Waals surface area (Å²) in [4.78, 5) is 0. The van der Waals surface area contributed by atoms with Gasteiger partial charge in [-0.15, -0.1) is 0 Å². The van der Waals surface area contributed by atoms with Crippen LogP contribution in [0.5, 0.6) is 0 Å². The quantitative estimate of drug-likeness (QED) is 0.173. The van der Waals surface area contributed by atoms with Crippen LogP contribution in [0.2, 0.25) is 0 Å². The van der Waals surface area contributed by atoms with Crippen LogP contribution in [-0.2, 0) is 0 Å². The molecular formula is C22H49P. The van der Waals surface area contributed by atoms with Gasteiger partial charge in [0.2, 0.25) is 0 Å². The molecule has 0 radical (unpaired) electrons. The minimum atomic E-state index is -0.953. The van der Waals surface area contributed by atoms with Crippen molar-refractivity contribution in [3.63, 3.8) is 0 Å². The van der Waals surface area contributed by atoms with E-state index in [0.717, 1.165) is 0 Å². The first-order valence-electron chi connectivity index (χ1n) is 11.2. The van der Waals surface area contributed by atoms with E-state index >= 15 is 0 Å². The molecule has 23 heavy (non-hydrogen) atoms. The van der Waals surface area contributed by atoms with Crippen LogP contribution in [0.15, 0.2) is 0 Å². The fourth-order valence-corrected chi connectivity index (χ4v) is 9.80. The monoisotopic (exact) mass is 344 g/mol. The van der Waals surface area contributed by atoms with Gasteiger partial charge in [0.25, 0.3) is 0 Å². The molecule has 0 heterocycles. The molecule has 1 heteroatoms. The summed E-state index contributed by atoms with van der Waals surface area (Å²) < 4.78 is 0. The summed E-state index contributed by atoms with van der Waals surface area (Å²) in [5.41, 5.74) is 0. The number of hydrogen-bond donors (Lipinski definition) is 0. The molecule has 0 fully saturated rings. The van der Waals surface area contributed by atoms with Crippen LogP contribution >= 0.6 is 7.26 Å². The average molecular weight is 345 g/mol. The molecule has 0 unspecified atom stereocenters. The van der Waals surface area contributed by atoms with Crippen molar-refractivity contribution >= 4 is 7.26 Å². The molecule has 0 aromatic carbocycles. The summed E-state index contributed by atoms with van der Waals surface area (Å²) in [6, 6.07) is 0. The van der Waals surface area contributed by atoms with E-state index < -0.39 is 7.26 Å². The van der Waals surface area contributed by atoms with Crippen molar-refractivity contribution in [2.45, 2.75) is 118 Å². The molecule has 0 N–H and O–H groups in total. The van der Waals surface area contributed by atoms with Crippen molar-refractivity contribution in [1.82, 2.24) is 0 Å². The third kappa shape index (κ3) is 13.4. The average Bonchev–Trinajstić information content (AvgIpc) is 2.55. The van der Waals surface area contributed by atoms with E-state index in [9.17, 15) is 0 Å². The van der Waals surface area contributed by atoms with Gasteiger partial charge in [0, 0.05) is 0 Å². The Labute approximate surface area is 149 Å². The predicted octanol–water partition coefficient (Wildman–Crippen LogP) is 8.28. The second-order valence-electron chi connectivity index (χ2n) is 8.04. The van der Waals surface area contributed by atoms with Crippen molar-refractivity contribution in [2.75, 3.05) is 24.6 Å². The summed E-state index contributed by atoms with van der Waals surface area (Å²) in [7, 11) is -0.953.